The average Bonchev–Trinajstić information content (AvgIpc) is 2.54. The zero-order valence-electron chi connectivity index (χ0n) is 13.4. The number of benzene rings is 2. The van der Waals surface area contributed by atoms with Gasteiger partial charge in [0.25, 0.3) is 15.9 Å². The van der Waals surface area contributed by atoms with Gasteiger partial charge in [0.15, 0.2) is 0 Å². The van der Waals surface area contributed by atoms with Gasteiger partial charge in [-0.15, -0.1) is 0 Å². The van der Waals surface area contributed by atoms with Gasteiger partial charge in [0.2, 0.25) is 0 Å². The molecule has 2 rings (SSSR count). The smallest absolute Gasteiger partial charge is 0.343 e. The lowest BCUT2D eigenvalue weighted by Gasteiger charge is -2.12. The summed E-state index contributed by atoms with van der Waals surface area (Å²) in [5, 5.41) is 1.73. The Bertz CT molecular complexity index is 931. The second-order valence-corrected chi connectivity index (χ2v) is 7.96. The molecule has 0 radical (unpaired) electrons. The van der Waals surface area contributed by atoms with Gasteiger partial charge in [-0.1, -0.05) is 28.1 Å². The molecule has 0 spiro atoms. The Morgan fingerprint density at radius 3 is 2.50 bits per heavy atom. The van der Waals surface area contributed by atoms with Crippen molar-refractivity contribution in [2.75, 3.05) is 11.3 Å². The lowest BCUT2D eigenvalue weighted by Crippen LogP contribution is -2.33. The molecule has 0 saturated carbocycles. The molecule has 0 saturated heterocycles. The van der Waals surface area contributed by atoms with Gasteiger partial charge < -0.3 is 5.32 Å². The quantitative estimate of drug-likeness (QED) is 0.726. The minimum atomic E-state index is -4.53. The fourth-order valence-corrected chi connectivity index (χ4v) is 3.91. The first kappa shape index (κ1) is 20.2. The van der Waals surface area contributed by atoms with E-state index in [0.717, 1.165) is 6.07 Å². The molecule has 0 unspecified atom stereocenters. The Morgan fingerprint density at radius 2 is 1.85 bits per heavy atom. The molecule has 0 aromatic heterocycles. The van der Waals surface area contributed by atoms with Gasteiger partial charge in [-0.2, -0.15) is 13.2 Å². The minimum absolute atomic E-state index is 0.0406. The molecular formula is C16H14BrF3N2O3S. The summed E-state index contributed by atoms with van der Waals surface area (Å²) < 4.78 is 64.5. The third kappa shape index (κ3) is 5.46. The largest absolute Gasteiger partial charge is 0.405 e. The number of carbonyl (C=O) groups excluding carboxylic acids is 1. The van der Waals surface area contributed by atoms with Gasteiger partial charge in [-0.3, -0.25) is 9.52 Å². The van der Waals surface area contributed by atoms with E-state index in [0.29, 0.717) is 10.0 Å². The zero-order valence-corrected chi connectivity index (χ0v) is 15.8. The maximum absolute atomic E-state index is 12.5. The summed E-state index contributed by atoms with van der Waals surface area (Å²) in [6.45, 7) is 0.154. The van der Waals surface area contributed by atoms with E-state index in [-0.39, 0.29) is 16.1 Å². The lowest BCUT2D eigenvalue weighted by molar-refractivity contribution is -0.123. The second-order valence-electron chi connectivity index (χ2n) is 5.39. The molecule has 2 aromatic carbocycles. The minimum Gasteiger partial charge on any atom is -0.343 e. The molecule has 0 aliphatic rings. The van der Waals surface area contributed by atoms with Crippen LogP contribution in [0.1, 0.15) is 15.9 Å². The van der Waals surface area contributed by atoms with Crippen molar-refractivity contribution in [3.05, 3.63) is 58.1 Å². The average molecular weight is 451 g/mol. The van der Waals surface area contributed by atoms with Crippen LogP contribution in [-0.2, 0) is 10.0 Å². The fraction of sp³-hybridized carbons (Fsp3) is 0.188. The fourth-order valence-electron chi connectivity index (χ4n) is 2.08. The van der Waals surface area contributed by atoms with Gasteiger partial charge in [-0.25, -0.2) is 8.42 Å². The summed E-state index contributed by atoms with van der Waals surface area (Å²) in [6.07, 6.45) is -4.53. The van der Waals surface area contributed by atoms with Gasteiger partial charge in [-0.05, 0) is 42.8 Å². The molecule has 0 aliphatic heterocycles. The van der Waals surface area contributed by atoms with Crippen molar-refractivity contribution in [2.24, 2.45) is 0 Å². The van der Waals surface area contributed by atoms with Crippen LogP contribution in [0.3, 0.4) is 0 Å². The SMILES string of the molecule is Cc1ccc(Br)cc1S(=O)(=O)Nc1cccc(C(=O)NCC(F)(F)F)c1. The van der Waals surface area contributed by atoms with E-state index in [1.165, 1.54) is 24.3 Å². The van der Waals surface area contributed by atoms with Crippen molar-refractivity contribution in [1.82, 2.24) is 5.32 Å². The van der Waals surface area contributed by atoms with Crippen LogP contribution >= 0.6 is 15.9 Å². The van der Waals surface area contributed by atoms with Crippen molar-refractivity contribution in [3.8, 4) is 0 Å². The first-order chi connectivity index (χ1) is 12.0. The maximum Gasteiger partial charge on any atom is 0.405 e. The number of sulfonamides is 1. The van der Waals surface area contributed by atoms with Gasteiger partial charge in [0, 0.05) is 15.7 Å². The van der Waals surface area contributed by atoms with Crippen LogP contribution in [0.5, 0.6) is 0 Å². The number of amides is 1. The number of halogens is 4. The van der Waals surface area contributed by atoms with E-state index in [4.69, 9.17) is 0 Å². The lowest BCUT2D eigenvalue weighted by atomic mass is 10.2. The zero-order chi connectivity index (χ0) is 19.5. The highest BCUT2D eigenvalue weighted by atomic mass is 79.9. The van der Waals surface area contributed by atoms with E-state index in [2.05, 4.69) is 20.7 Å². The number of hydrogen-bond donors (Lipinski definition) is 2. The van der Waals surface area contributed by atoms with Crippen LogP contribution in [0.25, 0.3) is 0 Å². The van der Waals surface area contributed by atoms with E-state index in [1.807, 2.05) is 0 Å². The van der Waals surface area contributed by atoms with E-state index < -0.39 is 28.7 Å². The third-order valence-corrected chi connectivity index (χ3v) is 5.28. The van der Waals surface area contributed by atoms with Crippen LogP contribution in [-0.4, -0.2) is 27.0 Å². The molecule has 26 heavy (non-hydrogen) atoms. The monoisotopic (exact) mass is 450 g/mol. The molecule has 2 N–H and O–H groups in total. The summed E-state index contributed by atoms with van der Waals surface area (Å²) in [7, 11) is -3.94. The van der Waals surface area contributed by atoms with Gasteiger partial charge in [0.05, 0.1) is 4.90 Å². The molecule has 0 atom stereocenters. The number of carbonyl (C=O) groups is 1. The molecule has 10 heteroatoms. The van der Waals surface area contributed by atoms with E-state index >= 15 is 0 Å². The number of hydrogen-bond acceptors (Lipinski definition) is 3. The summed E-state index contributed by atoms with van der Waals surface area (Å²) in [5.74, 6) is -0.956. The molecular weight excluding hydrogens is 437 g/mol. The highest BCUT2D eigenvalue weighted by Crippen LogP contribution is 2.23. The normalized spacial score (nSPS) is 11.9. The molecule has 140 valence electrons. The highest BCUT2D eigenvalue weighted by molar-refractivity contribution is 9.10. The van der Waals surface area contributed by atoms with Crippen LogP contribution < -0.4 is 10.0 Å². The number of rotatable bonds is 5. The predicted molar refractivity (Wildman–Crippen MR) is 94.5 cm³/mol. The van der Waals surface area contributed by atoms with Gasteiger partial charge >= 0.3 is 6.18 Å². The topological polar surface area (TPSA) is 75.3 Å². The molecule has 5 nitrogen and oxygen atoms in total. The number of aryl methyl sites for hydroxylation is 1. The van der Waals surface area contributed by atoms with Crippen molar-refractivity contribution in [1.29, 1.82) is 0 Å². The van der Waals surface area contributed by atoms with Crippen molar-refractivity contribution in [3.63, 3.8) is 0 Å². The van der Waals surface area contributed by atoms with Crippen molar-refractivity contribution >= 4 is 37.5 Å². The Balaban J connectivity index is 2.22. The molecule has 0 fully saturated rings. The second kappa shape index (κ2) is 7.67. The summed E-state index contributed by atoms with van der Waals surface area (Å²) in [6, 6.07) is 9.96. The first-order valence-corrected chi connectivity index (χ1v) is 9.49. The van der Waals surface area contributed by atoms with Crippen LogP contribution in [0, 0.1) is 6.92 Å². The summed E-state index contributed by atoms with van der Waals surface area (Å²) in [5.41, 5.74) is 0.476. The number of alkyl halides is 3. The Kier molecular flexibility index (Phi) is 5.97. The predicted octanol–water partition coefficient (Wildman–Crippen LogP) is 3.85. The molecule has 0 aliphatic carbocycles. The molecule has 0 heterocycles. The number of nitrogens with one attached hydrogen (secondary N) is 2. The Labute approximate surface area is 156 Å². The van der Waals surface area contributed by atoms with Crippen LogP contribution in [0.15, 0.2) is 51.8 Å². The first-order valence-electron chi connectivity index (χ1n) is 7.22. The van der Waals surface area contributed by atoms with Crippen molar-refractivity contribution in [2.45, 2.75) is 18.0 Å². The van der Waals surface area contributed by atoms with Crippen LogP contribution in [0.2, 0.25) is 0 Å². The van der Waals surface area contributed by atoms with Crippen LogP contribution in [0.4, 0.5) is 18.9 Å². The Hall–Kier alpha value is -2.07. The molecule has 0 bridgehead atoms. The molecule has 2 aromatic rings. The standard InChI is InChI=1S/C16H14BrF3N2O3S/c1-10-5-6-12(17)8-14(10)26(24,25)22-13-4-2-3-11(7-13)15(23)21-9-16(18,19)20/h2-8,22H,9H2,1H3,(H,21,23). The third-order valence-electron chi connectivity index (χ3n) is 3.27. The Morgan fingerprint density at radius 1 is 1.15 bits per heavy atom. The highest BCUT2D eigenvalue weighted by Gasteiger charge is 2.28. The van der Waals surface area contributed by atoms with E-state index in [1.54, 1.807) is 24.4 Å². The van der Waals surface area contributed by atoms with E-state index in [9.17, 15) is 26.4 Å². The van der Waals surface area contributed by atoms with Gasteiger partial charge in [0.1, 0.15) is 6.54 Å². The summed E-state index contributed by atoms with van der Waals surface area (Å²) >= 11 is 3.20. The van der Waals surface area contributed by atoms with Crippen molar-refractivity contribution < 1.29 is 26.4 Å². The maximum atomic E-state index is 12.5. The number of anilines is 1. The molecule has 1 amide bonds. The summed E-state index contributed by atoms with van der Waals surface area (Å²) in [4.78, 5) is 11.8.